The number of ether oxygens (including phenoxy) is 1. The molecule has 1 heterocycles. The van der Waals surface area contributed by atoms with Gasteiger partial charge in [-0.15, -0.1) is 0 Å². The van der Waals surface area contributed by atoms with Gasteiger partial charge < -0.3 is 15.4 Å². The summed E-state index contributed by atoms with van der Waals surface area (Å²) < 4.78 is 30.9. The first-order chi connectivity index (χ1) is 7.68. The topological polar surface area (TPSA) is 38.5 Å². The second kappa shape index (κ2) is 4.65. The maximum atomic E-state index is 12.8. The van der Waals surface area contributed by atoms with Gasteiger partial charge in [-0.2, -0.15) is 0 Å². The average molecular weight is 228 g/mol. The smallest absolute Gasteiger partial charge is 0.265 e. The third kappa shape index (κ3) is 2.24. The van der Waals surface area contributed by atoms with Gasteiger partial charge in [0.25, 0.3) is 6.43 Å². The van der Waals surface area contributed by atoms with E-state index in [1.165, 1.54) is 6.07 Å². The third-order valence-corrected chi connectivity index (χ3v) is 2.64. The minimum absolute atomic E-state index is 0.00176. The molecule has 16 heavy (non-hydrogen) atoms. The Labute approximate surface area is 92.8 Å². The van der Waals surface area contributed by atoms with Gasteiger partial charge in [-0.05, 0) is 18.2 Å². The van der Waals surface area contributed by atoms with E-state index in [-0.39, 0.29) is 5.56 Å². The highest BCUT2D eigenvalue weighted by atomic mass is 19.3. The third-order valence-electron chi connectivity index (χ3n) is 2.64. The number of hydrogen-bond acceptors (Lipinski definition) is 3. The molecule has 0 unspecified atom stereocenters. The zero-order chi connectivity index (χ0) is 11.5. The molecule has 1 aromatic carbocycles. The molecule has 0 saturated carbocycles. The number of nitrogen functional groups attached to an aromatic ring is 1. The van der Waals surface area contributed by atoms with Crippen molar-refractivity contribution >= 4 is 11.4 Å². The lowest BCUT2D eigenvalue weighted by Crippen LogP contribution is -2.36. The van der Waals surface area contributed by atoms with Gasteiger partial charge in [0.1, 0.15) is 0 Å². The van der Waals surface area contributed by atoms with E-state index in [9.17, 15) is 8.78 Å². The number of hydrogen-bond donors (Lipinski definition) is 1. The van der Waals surface area contributed by atoms with E-state index in [1.54, 1.807) is 12.1 Å². The Morgan fingerprint density at radius 2 is 1.94 bits per heavy atom. The van der Waals surface area contributed by atoms with E-state index in [2.05, 4.69) is 0 Å². The minimum atomic E-state index is -2.50. The van der Waals surface area contributed by atoms with Crippen molar-refractivity contribution in [2.75, 3.05) is 36.9 Å². The Hall–Kier alpha value is -1.36. The van der Waals surface area contributed by atoms with Crippen LogP contribution in [0.5, 0.6) is 0 Å². The van der Waals surface area contributed by atoms with Gasteiger partial charge in [0, 0.05) is 30.0 Å². The standard InChI is InChI=1S/C11H14F2N2O/c12-11(13)9-7-8(14)1-2-10(9)15-3-5-16-6-4-15/h1-2,7,11H,3-6,14H2. The molecule has 2 rings (SSSR count). The van der Waals surface area contributed by atoms with Crippen molar-refractivity contribution in [3.05, 3.63) is 23.8 Å². The van der Waals surface area contributed by atoms with Gasteiger partial charge in [-0.25, -0.2) is 8.78 Å². The van der Waals surface area contributed by atoms with Crippen molar-refractivity contribution in [2.45, 2.75) is 6.43 Å². The van der Waals surface area contributed by atoms with Crippen LogP contribution in [-0.4, -0.2) is 26.3 Å². The van der Waals surface area contributed by atoms with Crippen molar-refractivity contribution in [3.8, 4) is 0 Å². The molecule has 0 spiro atoms. The zero-order valence-corrected chi connectivity index (χ0v) is 8.83. The molecule has 1 aliphatic rings. The van der Waals surface area contributed by atoms with Crippen LogP contribution in [0.2, 0.25) is 0 Å². The van der Waals surface area contributed by atoms with Gasteiger partial charge in [0.15, 0.2) is 0 Å². The summed E-state index contributed by atoms with van der Waals surface area (Å²) in [6.07, 6.45) is -2.50. The van der Waals surface area contributed by atoms with Crippen LogP contribution >= 0.6 is 0 Å². The van der Waals surface area contributed by atoms with E-state index in [0.29, 0.717) is 37.7 Å². The average Bonchev–Trinajstić information content (AvgIpc) is 2.30. The number of alkyl halides is 2. The molecule has 0 radical (unpaired) electrons. The molecular weight excluding hydrogens is 214 g/mol. The van der Waals surface area contributed by atoms with Crippen molar-refractivity contribution < 1.29 is 13.5 Å². The largest absolute Gasteiger partial charge is 0.399 e. The first kappa shape index (κ1) is 11.1. The van der Waals surface area contributed by atoms with E-state index >= 15 is 0 Å². The molecular formula is C11H14F2N2O. The maximum absolute atomic E-state index is 12.8. The number of anilines is 2. The summed E-state index contributed by atoms with van der Waals surface area (Å²) in [6.45, 7) is 2.44. The van der Waals surface area contributed by atoms with Crippen LogP contribution in [0.25, 0.3) is 0 Å². The Bertz CT molecular complexity index is 365. The minimum Gasteiger partial charge on any atom is -0.399 e. The molecule has 1 saturated heterocycles. The molecule has 0 aromatic heterocycles. The first-order valence-electron chi connectivity index (χ1n) is 5.19. The van der Waals surface area contributed by atoms with E-state index < -0.39 is 6.43 Å². The SMILES string of the molecule is Nc1ccc(N2CCOCC2)c(C(F)F)c1. The summed E-state index contributed by atoms with van der Waals surface area (Å²) in [5.74, 6) is 0. The molecule has 1 fully saturated rings. The van der Waals surface area contributed by atoms with Gasteiger partial charge in [0.2, 0.25) is 0 Å². The number of morpholine rings is 1. The van der Waals surface area contributed by atoms with Crippen molar-refractivity contribution in [3.63, 3.8) is 0 Å². The lowest BCUT2D eigenvalue weighted by atomic mass is 10.1. The number of nitrogens with two attached hydrogens (primary N) is 1. The first-order valence-corrected chi connectivity index (χ1v) is 5.19. The molecule has 0 amide bonds. The number of benzene rings is 1. The van der Waals surface area contributed by atoms with E-state index in [1.807, 2.05) is 4.90 Å². The lowest BCUT2D eigenvalue weighted by molar-refractivity contribution is 0.121. The second-order valence-corrected chi connectivity index (χ2v) is 3.72. The summed E-state index contributed by atoms with van der Waals surface area (Å²) in [5, 5.41) is 0. The predicted octanol–water partition coefficient (Wildman–Crippen LogP) is 2.04. The zero-order valence-electron chi connectivity index (χ0n) is 8.83. The van der Waals surface area contributed by atoms with Crippen molar-refractivity contribution in [1.82, 2.24) is 0 Å². The Morgan fingerprint density at radius 3 is 2.56 bits per heavy atom. The van der Waals surface area contributed by atoms with Gasteiger partial charge in [0.05, 0.1) is 13.2 Å². The predicted molar refractivity (Wildman–Crippen MR) is 58.8 cm³/mol. The Morgan fingerprint density at radius 1 is 1.25 bits per heavy atom. The van der Waals surface area contributed by atoms with Crippen LogP contribution in [0, 0.1) is 0 Å². The normalized spacial score (nSPS) is 16.8. The second-order valence-electron chi connectivity index (χ2n) is 3.72. The Balaban J connectivity index is 2.31. The molecule has 5 heteroatoms. The van der Waals surface area contributed by atoms with Crippen LogP contribution in [0.15, 0.2) is 18.2 Å². The van der Waals surface area contributed by atoms with E-state index in [4.69, 9.17) is 10.5 Å². The summed E-state index contributed by atoms with van der Waals surface area (Å²) in [5.41, 5.74) is 6.45. The summed E-state index contributed by atoms with van der Waals surface area (Å²) >= 11 is 0. The highest BCUT2D eigenvalue weighted by molar-refractivity contribution is 5.60. The highest BCUT2D eigenvalue weighted by Gasteiger charge is 2.19. The van der Waals surface area contributed by atoms with Gasteiger partial charge in [-0.1, -0.05) is 0 Å². The summed E-state index contributed by atoms with van der Waals surface area (Å²) in [7, 11) is 0. The maximum Gasteiger partial charge on any atom is 0.265 e. The quantitative estimate of drug-likeness (QED) is 0.787. The fraction of sp³-hybridized carbons (Fsp3) is 0.455. The summed E-state index contributed by atoms with van der Waals surface area (Å²) in [6, 6.07) is 4.65. The number of nitrogens with zero attached hydrogens (tertiary/aromatic N) is 1. The monoisotopic (exact) mass is 228 g/mol. The van der Waals surface area contributed by atoms with Crippen LogP contribution in [-0.2, 0) is 4.74 Å². The van der Waals surface area contributed by atoms with Crippen LogP contribution in [0.4, 0.5) is 20.2 Å². The number of rotatable bonds is 2. The fourth-order valence-electron chi connectivity index (χ4n) is 1.84. The molecule has 1 aliphatic heterocycles. The van der Waals surface area contributed by atoms with Crippen LogP contribution in [0.1, 0.15) is 12.0 Å². The summed E-state index contributed by atoms with van der Waals surface area (Å²) in [4.78, 5) is 1.91. The molecule has 0 bridgehead atoms. The Kier molecular flexibility index (Phi) is 3.24. The van der Waals surface area contributed by atoms with Crippen LogP contribution in [0.3, 0.4) is 0 Å². The number of halogens is 2. The van der Waals surface area contributed by atoms with Crippen molar-refractivity contribution in [2.24, 2.45) is 0 Å². The molecule has 88 valence electrons. The van der Waals surface area contributed by atoms with Gasteiger partial charge in [-0.3, -0.25) is 0 Å². The van der Waals surface area contributed by atoms with E-state index in [0.717, 1.165) is 0 Å². The molecule has 2 N–H and O–H groups in total. The molecule has 0 atom stereocenters. The fourth-order valence-corrected chi connectivity index (χ4v) is 1.84. The highest BCUT2D eigenvalue weighted by Crippen LogP contribution is 2.31. The van der Waals surface area contributed by atoms with Crippen molar-refractivity contribution in [1.29, 1.82) is 0 Å². The molecule has 0 aliphatic carbocycles. The lowest BCUT2D eigenvalue weighted by Gasteiger charge is -2.30. The van der Waals surface area contributed by atoms with Crippen LogP contribution < -0.4 is 10.6 Å². The molecule has 1 aromatic rings. The van der Waals surface area contributed by atoms with Gasteiger partial charge >= 0.3 is 0 Å². The molecule has 3 nitrogen and oxygen atoms in total.